The summed E-state index contributed by atoms with van der Waals surface area (Å²) in [5, 5.41) is 3.03. The predicted molar refractivity (Wildman–Crippen MR) is 79.4 cm³/mol. The molecule has 0 aromatic rings. The Labute approximate surface area is 122 Å². The molecule has 5 heteroatoms. The molecule has 0 aromatic heterocycles. The SMILES string of the molecule is NCCC(=O)NCC1CCCCN1CC1CCCOC1. The highest BCUT2D eigenvalue weighted by molar-refractivity contribution is 5.76. The second-order valence-corrected chi connectivity index (χ2v) is 6.07. The molecular weight excluding hydrogens is 254 g/mol. The lowest BCUT2D eigenvalue weighted by Gasteiger charge is -2.38. The highest BCUT2D eigenvalue weighted by Gasteiger charge is 2.26. The van der Waals surface area contributed by atoms with Crippen molar-refractivity contribution in [3.8, 4) is 0 Å². The number of carbonyl (C=O) groups is 1. The van der Waals surface area contributed by atoms with Crippen LogP contribution in [0.2, 0.25) is 0 Å². The molecule has 2 heterocycles. The van der Waals surface area contributed by atoms with Gasteiger partial charge in [-0.2, -0.15) is 0 Å². The number of nitrogens with zero attached hydrogens (tertiary/aromatic N) is 1. The number of nitrogens with two attached hydrogens (primary N) is 1. The molecule has 0 aromatic carbocycles. The number of nitrogens with one attached hydrogen (secondary N) is 1. The van der Waals surface area contributed by atoms with E-state index in [1.54, 1.807) is 0 Å². The number of amides is 1. The molecule has 2 fully saturated rings. The Balaban J connectivity index is 1.76. The average molecular weight is 283 g/mol. The Morgan fingerprint density at radius 1 is 1.30 bits per heavy atom. The fourth-order valence-electron chi connectivity index (χ4n) is 3.27. The van der Waals surface area contributed by atoms with Crippen LogP contribution in [0, 0.1) is 5.92 Å². The van der Waals surface area contributed by atoms with Gasteiger partial charge < -0.3 is 15.8 Å². The van der Waals surface area contributed by atoms with Crippen molar-refractivity contribution in [1.82, 2.24) is 10.2 Å². The monoisotopic (exact) mass is 283 g/mol. The number of likely N-dealkylation sites (tertiary alicyclic amines) is 1. The molecule has 20 heavy (non-hydrogen) atoms. The van der Waals surface area contributed by atoms with Gasteiger partial charge in [0.05, 0.1) is 6.61 Å². The second kappa shape index (κ2) is 8.60. The zero-order valence-corrected chi connectivity index (χ0v) is 12.5. The molecule has 2 aliphatic heterocycles. The second-order valence-electron chi connectivity index (χ2n) is 6.07. The average Bonchev–Trinajstić information content (AvgIpc) is 2.48. The van der Waals surface area contributed by atoms with E-state index >= 15 is 0 Å². The van der Waals surface area contributed by atoms with Gasteiger partial charge in [-0.25, -0.2) is 0 Å². The van der Waals surface area contributed by atoms with E-state index in [1.165, 1.54) is 32.1 Å². The third-order valence-electron chi connectivity index (χ3n) is 4.40. The summed E-state index contributed by atoms with van der Waals surface area (Å²) < 4.78 is 5.58. The first-order valence-electron chi connectivity index (χ1n) is 8.08. The normalized spacial score (nSPS) is 28.2. The van der Waals surface area contributed by atoms with Crippen molar-refractivity contribution in [3.05, 3.63) is 0 Å². The fraction of sp³-hybridized carbons (Fsp3) is 0.933. The van der Waals surface area contributed by atoms with E-state index in [-0.39, 0.29) is 5.91 Å². The lowest BCUT2D eigenvalue weighted by atomic mass is 9.96. The summed E-state index contributed by atoms with van der Waals surface area (Å²) in [5.41, 5.74) is 5.40. The van der Waals surface area contributed by atoms with Gasteiger partial charge in [-0.1, -0.05) is 6.42 Å². The third kappa shape index (κ3) is 5.04. The van der Waals surface area contributed by atoms with Gasteiger partial charge in [0.25, 0.3) is 0 Å². The summed E-state index contributed by atoms with van der Waals surface area (Å²) in [6.45, 7) is 5.31. The highest BCUT2D eigenvalue weighted by Crippen LogP contribution is 2.21. The van der Waals surface area contributed by atoms with E-state index in [4.69, 9.17) is 10.5 Å². The Morgan fingerprint density at radius 3 is 2.95 bits per heavy atom. The molecule has 2 rings (SSSR count). The van der Waals surface area contributed by atoms with Crippen LogP contribution in [0.3, 0.4) is 0 Å². The van der Waals surface area contributed by atoms with Gasteiger partial charge in [0.1, 0.15) is 0 Å². The maximum absolute atomic E-state index is 11.6. The Bertz CT molecular complexity index is 293. The maximum Gasteiger partial charge on any atom is 0.221 e. The van der Waals surface area contributed by atoms with Gasteiger partial charge in [0, 0.05) is 38.7 Å². The quantitative estimate of drug-likeness (QED) is 0.754. The molecule has 0 aliphatic carbocycles. The largest absolute Gasteiger partial charge is 0.381 e. The van der Waals surface area contributed by atoms with Crippen LogP contribution in [0.4, 0.5) is 0 Å². The Kier molecular flexibility index (Phi) is 6.76. The van der Waals surface area contributed by atoms with Crippen molar-refractivity contribution in [2.24, 2.45) is 11.7 Å². The van der Waals surface area contributed by atoms with Crippen LogP contribution in [-0.4, -0.2) is 56.2 Å². The molecule has 3 N–H and O–H groups in total. The van der Waals surface area contributed by atoms with Crippen molar-refractivity contribution in [2.45, 2.75) is 44.6 Å². The van der Waals surface area contributed by atoms with E-state index in [0.717, 1.165) is 32.8 Å². The number of rotatable bonds is 6. The summed E-state index contributed by atoms with van der Waals surface area (Å²) in [6.07, 6.45) is 6.65. The number of hydrogen-bond donors (Lipinski definition) is 2. The molecule has 0 spiro atoms. The van der Waals surface area contributed by atoms with E-state index in [0.29, 0.717) is 24.9 Å². The Hall–Kier alpha value is -0.650. The smallest absolute Gasteiger partial charge is 0.221 e. The van der Waals surface area contributed by atoms with Crippen LogP contribution in [0.25, 0.3) is 0 Å². The molecule has 0 radical (unpaired) electrons. The lowest BCUT2D eigenvalue weighted by molar-refractivity contribution is -0.121. The third-order valence-corrected chi connectivity index (χ3v) is 4.40. The molecule has 2 atom stereocenters. The van der Waals surface area contributed by atoms with Crippen LogP contribution in [0.5, 0.6) is 0 Å². The molecule has 2 saturated heterocycles. The minimum absolute atomic E-state index is 0.0824. The van der Waals surface area contributed by atoms with Gasteiger partial charge in [-0.15, -0.1) is 0 Å². The first-order chi connectivity index (χ1) is 9.79. The molecule has 116 valence electrons. The number of carbonyl (C=O) groups excluding carboxylic acids is 1. The zero-order chi connectivity index (χ0) is 14.2. The number of piperidine rings is 1. The summed E-state index contributed by atoms with van der Waals surface area (Å²) >= 11 is 0. The van der Waals surface area contributed by atoms with Crippen molar-refractivity contribution in [2.75, 3.05) is 39.4 Å². The molecule has 2 unspecified atom stereocenters. The summed E-state index contributed by atoms with van der Waals surface area (Å²) in [4.78, 5) is 14.1. The van der Waals surface area contributed by atoms with Gasteiger partial charge in [0.15, 0.2) is 0 Å². The van der Waals surface area contributed by atoms with Gasteiger partial charge in [0.2, 0.25) is 5.91 Å². The Morgan fingerprint density at radius 2 is 2.20 bits per heavy atom. The molecule has 1 amide bonds. The van der Waals surface area contributed by atoms with Gasteiger partial charge in [-0.05, 0) is 38.1 Å². The highest BCUT2D eigenvalue weighted by atomic mass is 16.5. The van der Waals surface area contributed by atoms with Crippen LogP contribution >= 0.6 is 0 Å². The van der Waals surface area contributed by atoms with E-state index in [1.807, 2.05) is 0 Å². The topological polar surface area (TPSA) is 67.6 Å². The zero-order valence-electron chi connectivity index (χ0n) is 12.5. The van der Waals surface area contributed by atoms with Crippen molar-refractivity contribution in [3.63, 3.8) is 0 Å². The van der Waals surface area contributed by atoms with Crippen LogP contribution in [0.1, 0.15) is 38.5 Å². The first-order valence-corrected chi connectivity index (χ1v) is 8.08. The standard InChI is InChI=1S/C15H29N3O2/c16-7-6-15(19)17-10-14-5-1-2-8-18(14)11-13-4-3-9-20-12-13/h13-14H,1-12,16H2,(H,17,19). The number of hydrogen-bond acceptors (Lipinski definition) is 4. The predicted octanol–water partition coefficient (Wildman–Crippen LogP) is 0.733. The summed E-state index contributed by atoms with van der Waals surface area (Å²) in [7, 11) is 0. The minimum atomic E-state index is 0.0824. The van der Waals surface area contributed by atoms with Crippen molar-refractivity contribution >= 4 is 5.91 Å². The minimum Gasteiger partial charge on any atom is -0.381 e. The van der Waals surface area contributed by atoms with Crippen molar-refractivity contribution in [1.29, 1.82) is 0 Å². The molecular formula is C15H29N3O2. The molecule has 0 bridgehead atoms. The van der Waals surface area contributed by atoms with Crippen molar-refractivity contribution < 1.29 is 9.53 Å². The molecule has 2 aliphatic rings. The number of ether oxygens (including phenoxy) is 1. The summed E-state index contributed by atoms with van der Waals surface area (Å²) in [5.74, 6) is 0.753. The van der Waals surface area contributed by atoms with E-state index in [2.05, 4.69) is 10.2 Å². The lowest BCUT2D eigenvalue weighted by Crippen LogP contribution is -2.49. The van der Waals surface area contributed by atoms with Crippen LogP contribution in [0.15, 0.2) is 0 Å². The molecule has 0 saturated carbocycles. The first kappa shape index (κ1) is 15.7. The summed E-state index contributed by atoms with van der Waals surface area (Å²) in [6, 6.07) is 0.493. The maximum atomic E-state index is 11.6. The van der Waals surface area contributed by atoms with E-state index < -0.39 is 0 Å². The van der Waals surface area contributed by atoms with Gasteiger partial charge in [-0.3, -0.25) is 9.69 Å². The van der Waals surface area contributed by atoms with Crippen LogP contribution < -0.4 is 11.1 Å². The van der Waals surface area contributed by atoms with Crippen LogP contribution in [-0.2, 0) is 9.53 Å². The van der Waals surface area contributed by atoms with Gasteiger partial charge >= 0.3 is 0 Å². The molecule has 5 nitrogen and oxygen atoms in total. The fourth-order valence-corrected chi connectivity index (χ4v) is 3.27. The van der Waals surface area contributed by atoms with E-state index in [9.17, 15) is 4.79 Å².